The first-order valence-corrected chi connectivity index (χ1v) is 6.56. The molecule has 1 aromatic rings. The van der Waals surface area contributed by atoms with Gasteiger partial charge in [-0.1, -0.05) is 25.2 Å². The second-order valence-corrected chi connectivity index (χ2v) is 5.36. The number of nitrogens with zero attached hydrogens (tertiary/aromatic N) is 1. The van der Waals surface area contributed by atoms with E-state index in [1.807, 2.05) is 13.8 Å². The predicted octanol–water partition coefficient (Wildman–Crippen LogP) is 1.62. The van der Waals surface area contributed by atoms with Gasteiger partial charge in [-0.15, -0.1) is 0 Å². The van der Waals surface area contributed by atoms with Gasteiger partial charge in [0, 0.05) is 12.2 Å². The second kappa shape index (κ2) is 6.80. The number of rotatable bonds is 6. The molecule has 0 aliphatic carbocycles. The Balaban J connectivity index is 2.89. The van der Waals surface area contributed by atoms with Gasteiger partial charge in [0.2, 0.25) is 5.91 Å². The van der Waals surface area contributed by atoms with Crippen LogP contribution in [0.25, 0.3) is 0 Å². The van der Waals surface area contributed by atoms with E-state index < -0.39 is 17.8 Å². The molecule has 0 saturated carbocycles. The Hall–Kier alpha value is -2.22. The molecule has 0 unspecified atom stereocenters. The lowest BCUT2D eigenvalue weighted by molar-refractivity contribution is -0.131. The first kappa shape index (κ1) is 15.8. The van der Waals surface area contributed by atoms with Crippen LogP contribution in [0.3, 0.4) is 0 Å². The molecule has 0 atom stereocenters. The smallest absolute Gasteiger partial charge is 0.347 e. The summed E-state index contributed by atoms with van der Waals surface area (Å²) in [5.74, 6) is -2.79. The standard InChI is InChI=1S/C12H14N2O5S/c1-6(2)5-7-10(11(18)19)20-12(13-7)14-8(15)3-4-9(16)17/h3-4,6H,5H2,1-2H3,(H,16,17)(H,18,19)(H,13,14,15)/b4-3+. The van der Waals surface area contributed by atoms with Crippen LogP contribution in [0.15, 0.2) is 12.2 Å². The van der Waals surface area contributed by atoms with Crippen molar-refractivity contribution in [2.45, 2.75) is 20.3 Å². The van der Waals surface area contributed by atoms with Gasteiger partial charge in [-0.25, -0.2) is 14.6 Å². The average molecular weight is 298 g/mol. The van der Waals surface area contributed by atoms with E-state index in [1.54, 1.807) is 0 Å². The van der Waals surface area contributed by atoms with Gasteiger partial charge in [0.05, 0.1) is 5.69 Å². The maximum absolute atomic E-state index is 11.4. The summed E-state index contributed by atoms with van der Waals surface area (Å²) in [7, 11) is 0. The van der Waals surface area contributed by atoms with Crippen molar-refractivity contribution < 1.29 is 24.6 Å². The molecule has 0 aliphatic rings. The largest absolute Gasteiger partial charge is 0.478 e. The molecule has 1 aromatic heterocycles. The normalized spacial score (nSPS) is 10.9. The molecule has 0 aromatic carbocycles. The van der Waals surface area contributed by atoms with E-state index in [4.69, 9.17) is 10.2 Å². The highest BCUT2D eigenvalue weighted by molar-refractivity contribution is 7.17. The van der Waals surface area contributed by atoms with Gasteiger partial charge in [0.1, 0.15) is 4.88 Å². The Labute approximate surface area is 119 Å². The number of amides is 1. The minimum absolute atomic E-state index is 0.0798. The zero-order chi connectivity index (χ0) is 15.3. The van der Waals surface area contributed by atoms with Crippen LogP contribution < -0.4 is 5.32 Å². The number of carboxylic acid groups (broad SMARTS) is 2. The fourth-order valence-corrected chi connectivity index (χ4v) is 2.23. The number of carboxylic acids is 2. The topological polar surface area (TPSA) is 117 Å². The Morgan fingerprint density at radius 1 is 1.30 bits per heavy atom. The molecule has 1 heterocycles. The van der Waals surface area contributed by atoms with Crippen molar-refractivity contribution in [1.82, 2.24) is 4.98 Å². The van der Waals surface area contributed by atoms with E-state index in [0.717, 1.165) is 17.4 Å². The van der Waals surface area contributed by atoms with E-state index in [2.05, 4.69) is 10.3 Å². The number of anilines is 1. The number of aliphatic carboxylic acids is 1. The maximum atomic E-state index is 11.4. The lowest BCUT2D eigenvalue weighted by atomic mass is 10.1. The molecule has 1 amide bonds. The van der Waals surface area contributed by atoms with E-state index in [0.29, 0.717) is 18.2 Å². The van der Waals surface area contributed by atoms with E-state index in [-0.39, 0.29) is 15.9 Å². The Morgan fingerprint density at radius 3 is 2.45 bits per heavy atom. The first-order chi connectivity index (χ1) is 9.29. The maximum Gasteiger partial charge on any atom is 0.347 e. The first-order valence-electron chi connectivity index (χ1n) is 5.74. The average Bonchev–Trinajstić information content (AvgIpc) is 2.68. The zero-order valence-electron chi connectivity index (χ0n) is 10.9. The van der Waals surface area contributed by atoms with Gasteiger partial charge in [-0.05, 0) is 12.3 Å². The van der Waals surface area contributed by atoms with Gasteiger partial charge < -0.3 is 10.2 Å². The highest BCUT2D eigenvalue weighted by atomic mass is 32.1. The minimum atomic E-state index is -1.24. The van der Waals surface area contributed by atoms with Crippen LogP contribution in [0.4, 0.5) is 5.13 Å². The lowest BCUT2D eigenvalue weighted by Crippen LogP contribution is -2.08. The van der Waals surface area contributed by atoms with Crippen molar-refractivity contribution >= 4 is 34.3 Å². The summed E-state index contributed by atoms with van der Waals surface area (Å²) >= 11 is 0.848. The molecule has 3 N–H and O–H groups in total. The molecule has 1 rings (SSSR count). The molecular formula is C12H14N2O5S. The Bertz CT molecular complexity index is 562. The van der Waals surface area contributed by atoms with Gasteiger partial charge >= 0.3 is 11.9 Å². The van der Waals surface area contributed by atoms with E-state index in [9.17, 15) is 14.4 Å². The third kappa shape index (κ3) is 4.81. The summed E-state index contributed by atoms with van der Waals surface area (Å²) in [5.41, 5.74) is 0.412. The second-order valence-electron chi connectivity index (χ2n) is 4.36. The monoisotopic (exact) mass is 298 g/mol. The van der Waals surface area contributed by atoms with E-state index in [1.165, 1.54) is 0 Å². The molecular weight excluding hydrogens is 284 g/mol. The molecule has 0 bridgehead atoms. The minimum Gasteiger partial charge on any atom is -0.478 e. The van der Waals surface area contributed by atoms with Crippen molar-refractivity contribution in [3.05, 3.63) is 22.7 Å². The molecule has 8 heteroatoms. The molecule has 20 heavy (non-hydrogen) atoms. The number of thiazole rings is 1. The number of hydrogen-bond donors (Lipinski definition) is 3. The van der Waals surface area contributed by atoms with E-state index >= 15 is 0 Å². The summed E-state index contributed by atoms with van der Waals surface area (Å²) in [5, 5.41) is 19.9. The summed E-state index contributed by atoms with van der Waals surface area (Å²) in [6.07, 6.45) is 2.02. The fraction of sp³-hybridized carbons (Fsp3) is 0.333. The lowest BCUT2D eigenvalue weighted by Gasteiger charge is -2.01. The number of aromatic carboxylic acids is 1. The van der Waals surface area contributed by atoms with Gasteiger partial charge in [0.15, 0.2) is 5.13 Å². The zero-order valence-corrected chi connectivity index (χ0v) is 11.7. The molecule has 0 fully saturated rings. The summed E-state index contributed by atoms with van der Waals surface area (Å²) in [4.78, 5) is 36.9. The third-order valence-corrected chi connectivity index (χ3v) is 3.10. The number of aromatic nitrogens is 1. The number of carbonyl (C=O) groups is 3. The molecule has 0 spiro atoms. The number of carbonyl (C=O) groups excluding carboxylic acids is 1. The van der Waals surface area contributed by atoms with Crippen LogP contribution in [0.5, 0.6) is 0 Å². The molecule has 108 valence electrons. The fourth-order valence-electron chi connectivity index (χ4n) is 1.39. The summed E-state index contributed by atoms with van der Waals surface area (Å²) in [6, 6.07) is 0. The van der Waals surface area contributed by atoms with Crippen LogP contribution in [0.1, 0.15) is 29.2 Å². The van der Waals surface area contributed by atoms with Crippen molar-refractivity contribution in [2.24, 2.45) is 5.92 Å². The number of hydrogen-bond acceptors (Lipinski definition) is 5. The van der Waals surface area contributed by atoms with Gasteiger partial charge in [0.25, 0.3) is 0 Å². The highest BCUT2D eigenvalue weighted by Crippen LogP contribution is 2.25. The summed E-state index contributed by atoms with van der Waals surface area (Å²) in [6.45, 7) is 3.86. The van der Waals surface area contributed by atoms with Crippen molar-refractivity contribution in [2.75, 3.05) is 5.32 Å². The quantitative estimate of drug-likeness (QED) is 0.687. The van der Waals surface area contributed by atoms with Crippen molar-refractivity contribution in [3.63, 3.8) is 0 Å². The molecule has 0 radical (unpaired) electrons. The number of nitrogens with one attached hydrogen (secondary N) is 1. The molecule has 7 nitrogen and oxygen atoms in total. The van der Waals surface area contributed by atoms with Crippen LogP contribution >= 0.6 is 11.3 Å². The predicted molar refractivity (Wildman–Crippen MR) is 73.0 cm³/mol. The van der Waals surface area contributed by atoms with Gasteiger partial charge in [-0.2, -0.15) is 0 Å². The summed E-state index contributed by atoms with van der Waals surface area (Å²) < 4.78 is 0. The van der Waals surface area contributed by atoms with Crippen LogP contribution in [-0.2, 0) is 16.0 Å². The van der Waals surface area contributed by atoms with Gasteiger partial charge in [-0.3, -0.25) is 10.1 Å². The molecule has 0 saturated heterocycles. The highest BCUT2D eigenvalue weighted by Gasteiger charge is 2.18. The Morgan fingerprint density at radius 2 is 1.95 bits per heavy atom. The Kier molecular flexibility index (Phi) is 5.39. The van der Waals surface area contributed by atoms with Crippen LogP contribution in [0.2, 0.25) is 0 Å². The van der Waals surface area contributed by atoms with Crippen LogP contribution in [0, 0.1) is 5.92 Å². The van der Waals surface area contributed by atoms with Crippen molar-refractivity contribution in [3.8, 4) is 0 Å². The molecule has 0 aliphatic heterocycles. The van der Waals surface area contributed by atoms with Crippen LogP contribution in [-0.4, -0.2) is 33.0 Å². The SMILES string of the molecule is CC(C)Cc1nc(NC(=O)/C=C/C(=O)O)sc1C(=O)O. The van der Waals surface area contributed by atoms with Crippen molar-refractivity contribution in [1.29, 1.82) is 0 Å². The third-order valence-electron chi connectivity index (χ3n) is 2.10.